The summed E-state index contributed by atoms with van der Waals surface area (Å²) in [5, 5.41) is 24.3. The van der Waals surface area contributed by atoms with E-state index in [0.717, 1.165) is 36.9 Å². The molecule has 1 aliphatic carbocycles. The summed E-state index contributed by atoms with van der Waals surface area (Å²) < 4.78 is 62.5. The molecule has 0 amide bonds. The predicted molar refractivity (Wildman–Crippen MR) is 135 cm³/mol. The fraction of sp³-hybridized carbons (Fsp3) is 0.357. The Kier molecular flexibility index (Phi) is 6.98. The molecule has 5 rings (SSSR count). The van der Waals surface area contributed by atoms with Gasteiger partial charge >= 0.3 is 12.1 Å². The Morgan fingerprint density at radius 2 is 1.75 bits per heavy atom. The topological polar surface area (TPSA) is 107 Å². The maximum atomic E-state index is 13.5. The van der Waals surface area contributed by atoms with E-state index in [1.54, 1.807) is 24.3 Å². The van der Waals surface area contributed by atoms with Gasteiger partial charge in [0.05, 0.1) is 37.9 Å². The molecule has 1 aliphatic heterocycles. The summed E-state index contributed by atoms with van der Waals surface area (Å²) >= 11 is 6.18. The number of aliphatic hydroxyl groups is 2. The van der Waals surface area contributed by atoms with Crippen LogP contribution in [0.25, 0.3) is 0 Å². The summed E-state index contributed by atoms with van der Waals surface area (Å²) in [6.45, 7) is 0.297. The highest BCUT2D eigenvalue weighted by Gasteiger charge is 2.78. The molecule has 2 aliphatic rings. The van der Waals surface area contributed by atoms with Crippen molar-refractivity contribution in [1.29, 1.82) is 0 Å². The molecule has 1 fully saturated rings. The number of fused-ring (bicyclic) bond motifs is 3. The van der Waals surface area contributed by atoms with Crippen molar-refractivity contribution < 1.29 is 47.1 Å². The van der Waals surface area contributed by atoms with Gasteiger partial charge in [0.2, 0.25) is 5.88 Å². The molecular formula is C28H25ClF3NO7. The molecule has 40 heavy (non-hydrogen) atoms. The van der Waals surface area contributed by atoms with Crippen LogP contribution >= 0.6 is 11.6 Å². The van der Waals surface area contributed by atoms with Gasteiger partial charge in [-0.2, -0.15) is 13.2 Å². The first-order valence-corrected chi connectivity index (χ1v) is 12.5. The number of ether oxygens (including phenoxy) is 4. The van der Waals surface area contributed by atoms with Crippen molar-refractivity contribution in [1.82, 2.24) is 4.98 Å². The van der Waals surface area contributed by atoms with Crippen LogP contribution in [0.1, 0.15) is 33.7 Å². The van der Waals surface area contributed by atoms with Crippen LogP contribution in [0.4, 0.5) is 13.2 Å². The van der Waals surface area contributed by atoms with Crippen molar-refractivity contribution in [3.63, 3.8) is 0 Å². The van der Waals surface area contributed by atoms with E-state index in [2.05, 4.69) is 4.98 Å². The van der Waals surface area contributed by atoms with Crippen LogP contribution in [0.15, 0.2) is 54.6 Å². The summed E-state index contributed by atoms with van der Waals surface area (Å²) in [6, 6.07) is 12.1. The molecule has 3 aromatic rings. The van der Waals surface area contributed by atoms with Gasteiger partial charge in [-0.1, -0.05) is 48.0 Å². The molecule has 0 radical (unpaired) electrons. The Morgan fingerprint density at radius 3 is 2.30 bits per heavy atom. The maximum absolute atomic E-state index is 13.5. The molecule has 8 nitrogen and oxygen atoms in total. The second kappa shape index (κ2) is 9.91. The third-order valence-electron chi connectivity index (χ3n) is 7.66. The van der Waals surface area contributed by atoms with Crippen LogP contribution in [0, 0.1) is 5.92 Å². The summed E-state index contributed by atoms with van der Waals surface area (Å²) in [7, 11) is 3.93. The lowest BCUT2D eigenvalue weighted by atomic mass is 9.70. The SMILES string of the molecule is COCc1ccc([C@@H]2[C@@H](C(=O)OC)[C@@H](O)[C@@]3(O)c4c(cc(Cl)nc4OC)O[C@@]23c2ccc(C(F)(F)F)cc2)cc1. The zero-order valence-corrected chi connectivity index (χ0v) is 22.3. The molecule has 212 valence electrons. The standard InChI is InChI=1S/C28H25ClF3NO7/c1-37-13-14-4-6-15(7-5-14)21-20(25(35)39-3)23(34)26(36)22-18(12-19(29)33-24(22)38-2)40-27(21,26)16-8-10-17(11-9-16)28(30,31)32/h4-12,20-21,23,34,36H,13H2,1-3H3/t20-,21-,23-,26+,27+/m1/s1. The zero-order valence-electron chi connectivity index (χ0n) is 21.5. The molecule has 12 heteroatoms. The fourth-order valence-electron chi connectivity index (χ4n) is 6.05. The minimum absolute atomic E-state index is 0.0115. The van der Waals surface area contributed by atoms with Gasteiger partial charge in [-0.15, -0.1) is 0 Å². The molecule has 5 atom stereocenters. The highest BCUT2D eigenvalue weighted by molar-refractivity contribution is 6.29. The number of aromatic nitrogens is 1. The molecular weight excluding hydrogens is 555 g/mol. The predicted octanol–water partition coefficient (Wildman–Crippen LogP) is 4.33. The van der Waals surface area contributed by atoms with Crippen molar-refractivity contribution in [2.24, 2.45) is 5.92 Å². The van der Waals surface area contributed by atoms with Gasteiger partial charge in [-0.05, 0) is 28.8 Å². The zero-order chi connectivity index (χ0) is 29.0. The van der Waals surface area contributed by atoms with Crippen LogP contribution in [0.3, 0.4) is 0 Å². The van der Waals surface area contributed by atoms with E-state index in [-0.39, 0.29) is 27.9 Å². The number of benzene rings is 2. The first kappa shape index (κ1) is 28.2. The Balaban J connectivity index is 1.84. The summed E-state index contributed by atoms with van der Waals surface area (Å²) in [6.07, 6.45) is -6.50. The lowest BCUT2D eigenvalue weighted by molar-refractivity contribution is -0.161. The summed E-state index contributed by atoms with van der Waals surface area (Å²) in [4.78, 5) is 17.4. The number of carbonyl (C=O) groups is 1. The van der Waals surface area contributed by atoms with Gasteiger partial charge in [0, 0.05) is 19.1 Å². The van der Waals surface area contributed by atoms with E-state index in [1.165, 1.54) is 20.3 Å². The average Bonchev–Trinajstić information content (AvgIpc) is 3.30. The molecule has 2 heterocycles. The minimum atomic E-state index is -4.63. The number of aliphatic hydroxyl groups excluding tert-OH is 1. The van der Waals surface area contributed by atoms with Crippen molar-refractivity contribution in [2.45, 2.75) is 36.0 Å². The highest BCUT2D eigenvalue weighted by Crippen LogP contribution is 2.70. The van der Waals surface area contributed by atoms with Gasteiger partial charge < -0.3 is 29.2 Å². The first-order chi connectivity index (χ1) is 18.9. The Bertz CT molecular complexity index is 1430. The van der Waals surface area contributed by atoms with Crippen LogP contribution in [-0.2, 0) is 38.3 Å². The highest BCUT2D eigenvalue weighted by atomic mass is 35.5. The molecule has 0 saturated heterocycles. The normalized spacial score (nSPS) is 27.1. The lowest BCUT2D eigenvalue weighted by Crippen LogP contribution is -2.52. The van der Waals surface area contributed by atoms with E-state index in [1.807, 2.05) is 0 Å². The van der Waals surface area contributed by atoms with Gasteiger partial charge in [0.1, 0.15) is 17.0 Å². The quantitative estimate of drug-likeness (QED) is 0.328. The van der Waals surface area contributed by atoms with E-state index >= 15 is 0 Å². The lowest BCUT2D eigenvalue weighted by Gasteiger charge is -2.40. The van der Waals surface area contributed by atoms with Gasteiger partial charge in [-0.3, -0.25) is 4.79 Å². The third kappa shape index (κ3) is 3.94. The molecule has 0 spiro atoms. The van der Waals surface area contributed by atoms with E-state index in [9.17, 15) is 28.2 Å². The molecule has 2 aromatic carbocycles. The largest absolute Gasteiger partial charge is 0.481 e. The molecule has 2 N–H and O–H groups in total. The van der Waals surface area contributed by atoms with Crippen molar-refractivity contribution in [3.05, 3.63) is 87.6 Å². The number of carbonyl (C=O) groups excluding carboxylic acids is 1. The van der Waals surface area contributed by atoms with Crippen molar-refractivity contribution in [2.75, 3.05) is 21.3 Å². The van der Waals surface area contributed by atoms with Gasteiger partial charge in [0.25, 0.3) is 0 Å². The fourth-order valence-corrected chi connectivity index (χ4v) is 6.22. The second-order valence-electron chi connectivity index (χ2n) is 9.65. The number of alkyl halides is 3. The van der Waals surface area contributed by atoms with Crippen LogP contribution < -0.4 is 9.47 Å². The summed E-state index contributed by atoms with van der Waals surface area (Å²) in [5.41, 5.74) is -4.21. The number of hydrogen-bond acceptors (Lipinski definition) is 8. The Labute approximate surface area is 232 Å². The number of hydrogen-bond donors (Lipinski definition) is 2. The third-order valence-corrected chi connectivity index (χ3v) is 7.85. The van der Waals surface area contributed by atoms with Gasteiger partial charge in [0.15, 0.2) is 11.2 Å². The van der Waals surface area contributed by atoms with Crippen molar-refractivity contribution >= 4 is 17.6 Å². The minimum Gasteiger partial charge on any atom is -0.481 e. The summed E-state index contributed by atoms with van der Waals surface area (Å²) in [5.74, 6) is -3.64. The van der Waals surface area contributed by atoms with E-state index in [4.69, 9.17) is 30.5 Å². The van der Waals surface area contributed by atoms with Crippen LogP contribution in [-0.4, -0.2) is 48.6 Å². The second-order valence-corrected chi connectivity index (χ2v) is 10.0. The van der Waals surface area contributed by atoms with Crippen LogP contribution in [0.2, 0.25) is 5.15 Å². The molecule has 0 bridgehead atoms. The number of pyridine rings is 1. The number of rotatable bonds is 6. The van der Waals surface area contributed by atoms with Crippen molar-refractivity contribution in [3.8, 4) is 11.6 Å². The monoisotopic (exact) mass is 579 g/mol. The van der Waals surface area contributed by atoms with E-state index < -0.39 is 46.9 Å². The number of nitrogens with zero attached hydrogens (tertiary/aromatic N) is 1. The Hall–Kier alpha value is -3.38. The number of halogens is 4. The van der Waals surface area contributed by atoms with E-state index in [0.29, 0.717) is 12.2 Å². The molecule has 1 saturated carbocycles. The number of methoxy groups -OCH3 is 3. The molecule has 1 aromatic heterocycles. The first-order valence-electron chi connectivity index (χ1n) is 12.1. The average molecular weight is 580 g/mol. The smallest absolute Gasteiger partial charge is 0.416 e. The maximum Gasteiger partial charge on any atom is 0.416 e. The molecule has 0 unspecified atom stereocenters. The number of esters is 1. The Morgan fingerprint density at radius 1 is 1.10 bits per heavy atom. The van der Waals surface area contributed by atoms with Gasteiger partial charge in [-0.25, -0.2) is 4.98 Å². The van der Waals surface area contributed by atoms with Crippen LogP contribution in [0.5, 0.6) is 11.6 Å².